The molecule has 1 aliphatic rings. The summed E-state index contributed by atoms with van der Waals surface area (Å²) in [7, 11) is 0. The van der Waals surface area contributed by atoms with Gasteiger partial charge in [0.25, 0.3) is 5.56 Å². The number of hydrogen-bond donors (Lipinski definition) is 2. The number of aromatic nitrogens is 1. The molecule has 4 nitrogen and oxygen atoms in total. The SMILES string of the molecule is Cc1cc2cc(CNC(=O)C3CC3)ccc2[nH]c1=O. The Bertz CT molecular complexity index is 699. The largest absolute Gasteiger partial charge is 0.352 e. The average Bonchev–Trinajstić information content (AvgIpc) is 3.21. The van der Waals surface area contributed by atoms with E-state index < -0.39 is 0 Å². The first kappa shape index (κ1) is 12.0. The van der Waals surface area contributed by atoms with Crippen molar-refractivity contribution in [2.24, 2.45) is 5.92 Å². The van der Waals surface area contributed by atoms with Gasteiger partial charge in [0, 0.05) is 23.5 Å². The van der Waals surface area contributed by atoms with Crippen LogP contribution in [-0.4, -0.2) is 10.9 Å². The molecular weight excluding hydrogens is 240 g/mol. The molecule has 1 aromatic carbocycles. The van der Waals surface area contributed by atoms with Gasteiger partial charge in [-0.05, 0) is 48.9 Å². The van der Waals surface area contributed by atoms with Gasteiger partial charge in [0.05, 0.1) is 0 Å². The minimum absolute atomic E-state index is 0.0534. The quantitative estimate of drug-likeness (QED) is 0.880. The topological polar surface area (TPSA) is 62.0 Å². The smallest absolute Gasteiger partial charge is 0.251 e. The lowest BCUT2D eigenvalue weighted by Gasteiger charge is -2.06. The highest BCUT2D eigenvalue weighted by atomic mass is 16.2. The minimum Gasteiger partial charge on any atom is -0.352 e. The van der Waals surface area contributed by atoms with Crippen LogP contribution < -0.4 is 10.9 Å². The molecule has 0 saturated heterocycles. The van der Waals surface area contributed by atoms with Gasteiger partial charge in [-0.1, -0.05) is 6.07 Å². The third-order valence-electron chi connectivity index (χ3n) is 3.51. The average molecular weight is 256 g/mol. The van der Waals surface area contributed by atoms with Gasteiger partial charge in [0.2, 0.25) is 5.91 Å². The molecule has 3 rings (SSSR count). The Labute approximate surface area is 110 Å². The Hall–Kier alpha value is -2.10. The van der Waals surface area contributed by atoms with E-state index in [-0.39, 0.29) is 17.4 Å². The van der Waals surface area contributed by atoms with Crippen LogP contribution in [0.3, 0.4) is 0 Å². The maximum absolute atomic E-state index is 11.6. The Morgan fingerprint density at radius 3 is 2.89 bits per heavy atom. The maximum Gasteiger partial charge on any atom is 0.251 e. The van der Waals surface area contributed by atoms with Crippen molar-refractivity contribution in [1.29, 1.82) is 0 Å². The highest BCUT2D eigenvalue weighted by Crippen LogP contribution is 2.28. The molecule has 4 heteroatoms. The van der Waals surface area contributed by atoms with E-state index in [0.717, 1.165) is 29.3 Å². The molecule has 19 heavy (non-hydrogen) atoms. The standard InChI is InChI=1S/C15H16N2O2/c1-9-6-12-7-10(2-5-13(12)17-14(9)18)8-16-15(19)11-3-4-11/h2,5-7,11H,3-4,8H2,1H3,(H,16,19)(H,17,18). The fourth-order valence-corrected chi connectivity index (χ4v) is 2.15. The predicted molar refractivity (Wildman–Crippen MR) is 73.9 cm³/mol. The summed E-state index contributed by atoms with van der Waals surface area (Å²) in [6, 6.07) is 7.70. The van der Waals surface area contributed by atoms with E-state index in [1.54, 1.807) is 6.92 Å². The summed E-state index contributed by atoms with van der Waals surface area (Å²) >= 11 is 0. The molecule has 2 aromatic rings. The van der Waals surface area contributed by atoms with Crippen molar-refractivity contribution in [2.75, 3.05) is 0 Å². The number of H-pyrrole nitrogens is 1. The van der Waals surface area contributed by atoms with Gasteiger partial charge < -0.3 is 10.3 Å². The molecule has 0 bridgehead atoms. The summed E-state index contributed by atoms with van der Waals surface area (Å²) in [5.74, 6) is 0.386. The fraction of sp³-hybridized carbons (Fsp3) is 0.333. The molecule has 0 spiro atoms. The molecule has 0 atom stereocenters. The zero-order chi connectivity index (χ0) is 13.4. The van der Waals surface area contributed by atoms with Gasteiger partial charge in [-0.15, -0.1) is 0 Å². The lowest BCUT2D eigenvalue weighted by Crippen LogP contribution is -2.24. The van der Waals surface area contributed by atoms with Crippen LogP contribution in [0.4, 0.5) is 0 Å². The second kappa shape index (κ2) is 4.53. The summed E-state index contributed by atoms with van der Waals surface area (Å²) < 4.78 is 0. The normalized spacial score (nSPS) is 14.6. The van der Waals surface area contributed by atoms with Crippen molar-refractivity contribution in [3.63, 3.8) is 0 Å². The van der Waals surface area contributed by atoms with Crippen LogP contribution in [0.15, 0.2) is 29.1 Å². The highest BCUT2D eigenvalue weighted by Gasteiger charge is 2.29. The highest BCUT2D eigenvalue weighted by molar-refractivity contribution is 5.82. The molecule has 1 saturated carbocycles. The first-order valence-corrected chi connectivity index (χ1v) is 6.54. The molecule has 0 aliphatic heterocycles. The van der Waals surface area contributed by atoms with Crippen LogP contribution in [0.25, 0.3) is 10.9 Å². The molecule has 1 aromatic heterocycles. The lowest BCUT2D eigenvalue weighted by molar-refractivity contribution is -0.122. The molecule has 1 heterocycles. The maximum atomic E-state index is 11.6. The molecule has 98 valence electrons. The Morgan fingerprint density at radius 2 is 2.16 bits per heavy atom. The Kier molecular flexibility index (Phi) is 2.85. The number of amides is 1. The van der Waals surface area contributed by atoms with E-state index in [9.17, 15) is 9.59 Å². The first-order chi connectivity index (χ1) is 9.13. The molecule has 0 radical (unpaired) electrons. The second-order valence-corrected chi connectivity index (χ2v) is 5.20. The van der Waals surface area contributed by atoms with Crippen LogP contribution in [-0.2, 0) is 11.3 Å². The molecule has 0 unspecified atom stereocenters. The number of benzene rings is 1. The van der Waals surface area contributed by atoms with Gasteiger partial charge in [0.1, 0.15) is 0 Å². The van der Waals surface area contributed by atoms with Crippen LogP contribution >= 0.6 is 0 Å². The van der Waals surface area contributed by atoms with Crippen LogP contribution in [0, 0.1) is 12.8 Å². The molecule has 1 amide bonds. The first-order valence-electron chi connectivity index (χ1n) is 6.54. The van der Waals surface area contributed by atoms with Crippen LogP contribution in [0.5, 0.6) is 0 Å². The zero-order valence-electron chi connectivity index (χ0n) is 10.8. The van der Waals surface area contributed by atoms with Crippen molar-refractivity contribution >= 4 is 16.8 Å². The van der Waals surface area contributed by atoms with E-state index in [2.05, 4.69) is 10.3 Å². The van der Waals surface area contributed by atoms with Crippen LogP contribution in [0.1, 0.15) is 24.0 Å². The Balaban J connectivity index is 1.82. The van der Waals surface area contributed by atoms with Gasteiger partial charge in [0.15, 0.2) is 0 Å². The number of carbonyl (C=O) groups is 1. The van der Waals surface area contributed by atoms with Crippen molar-refractivity contribution in [2.45, 2.75) is 26.3 Å². The summed E-state index contributed by atoms with van der Waals surface area (Å²) in [6.45, 7) is 2.34. The fourth-order valence-electron chi connectivity index (χ4n) is 2.15. The van der Waals surface area contributed by atoms with Crippen molar-refractivity contribution in [1.82, 2.24) is 10.3 Å². The Morgan fingerprint density at radius 1 is 1.37 bits per heavy atom. The number of pyridine rings is 1. The summed E-state index contributed by atoms with van der Waals surface area (Å²) in [4.78, 5) is 25.9. The molecule has 1 fully saturated rings. The van der Waals surface area contributed by atoms with Gasteiger partial charge >= 0.3 is 0 Å². The monoisotopic (exact) mass is 256 g/mol. The third kappa shape index (κ3) is 2.52. The summed E-state index contributed by atoms with van der Waals surface area (Å²) in [5.41, 5.74) is 2.52. The van der Waals surface area contributed by atoms with Crippen LogP contribution in [0.2, 0.25) is 0 Å². The lowest BCUT2D eigenvalue weighted by atomic mass is 10.1. The molecule has 1 aliphatic carbocycles. The van der Waals surface area contributed by atoms with E-state index >= 15 is 0 Å². The predicted octanol–water partition coefficient (Wildman–Crippen LogP) is 1.86. The number of nitrogens with one attached hydrogen (secondary N) is 2. The van der Waals surface area contributed by atoms with Gasteiger partial charge in [-0.2, -0.15) is 0 Å². The second-order valence-electron chi connectivity index (χ2n) is 5.20. The van der Waals surface area contributed by atoms with E-state index in [1.165, 1.54) is 0 Å². The van der Waals surface area contributed by atoms with Crippen molar-refractivity contribution in [3.8, 4) is 0 Å². The summed E-state index contributed by atoms with van der Waals surface area (Å²) in [5, 5.41) is 3.94. The number of rotatable bonds is 3. The molecule has 2 N–H and O–H groups in total. The molecular formula is C15H16N2O2. The van der Waals surface area contributed by atoms with Crippen molar-refractivity contribution in [3.05, 3.63) is 45.7 Å². The van der Waals surface area contributed by atoms with E-state index in [1.807, 2.05) is 24.3 Å². The van der Waals surface area contributed by atoms with Crippen molar-refractivity contribution < 1.29 is 4.79 Å². The zero-order valence-corrected chi connectivity index (χ0v) is 10.8. The van der Waals surface area contributed by atoms with Gasteiger partial charge in [-0.25, -0.2) is 0 Å². The number of aryl methyl sites for hydroxylation is 1. The van der Waals surface area contributed by atoms with E-state index in [0.29, 0.717) is 12.1 Å². The number of carbonyl (C=O) groups excluding carboxylic acids is 1. The summed E-state index contributed by atoms with van der Waals surface area (Å²) in [6.07, 6.45) is 2.04. The number of hydrogen-bond acceptors (Lipinski definition) is 2. The minimum atomic E-state index is -0.0534. The van der Waals surface area contributed by atoms with E-state index in [4.69, 9.17) is 0 Å². The third-order valence-corrected chi connectivity index (χ3v) is 3.51. The van der Waals surface area contributed by atoms with Gasteiger partial charge in [-0.3, -0.25) is 9.59 Å². The number of fused-ring (bicyclic) bond motifs is 1. The number of aromatic amines is 1.